The monoisotopic (exact) mass is 298 g/mol. The molecule has 2 N–H and O–H groups in total. The third kappa shape index (κ3) is 3.17. The van der Waals surface area contributed by atoms with E-state index >= 15 is 0 Å². The van der Waals surface area contributed by atoms with Crippen molar-refractivity contribution in [1.29, 1.82) is 0 Å². The van der Waals surface area contributed by atoms with Crippen LogP contribution >= 0.6 is 11.3 Å². The predicted molar refractivity (Wildman–Crippen MR) is 84.6 cm³/mol. The van der Waals surface area contributed by atoms with Gasteiger partial charge in [0.2, 0.25) is 0 Å². The fraction of sp³-hybridized carbons (Fsp3) is 0.118. The lowest BCUT2D eigenvalue weighted by Gasteiger charge is -1.98. The SMILES string of the molecule is NCc1nc(Cc2cccc(F)c2)sc1-c1ccccc1. The Morgan fingerprint density at radius 2 is 1.86 bits per heavy atom. The van der Waals surface area contributed by atoms with Crippen LogP contribution in [0.1, 0.15) is 16.3 Å². The third-order valence-corrected chi connectivity index (χ3v) is 4.36. The van der Waals surface area contributed by atoms with Crippen molar-refractivity contribution in [3.8, 4) is 10.4 Å². The first-order valence-corrected chi connectivity index (χ1v) is 7.56. The normalized spacial score (nSPS) is 10.8. The molecule has 0 fully saturated rings. The van der Waals surface area contributed by atoms with Gasteiger partial charge in [0, 0.05) is 13.0 Å². The van der Waals surface area contributed by atoms with Crippen LogP contribution in [0.3, 0.4) is 0 Å². The molecule has 21 heavy (non-hydrogen) atoms. The molecule has 3 aromatic rings. The summed E-state index contributed by atoms with van der Waals surface area (Å²) in [6.45, 7) is 0.407. The van der Waals surface area contributed by atoms with Crippen LogP contribution in [-0.4, -0.2) is 4.98 Å². The van der Waals surface area contributed by atoms with Gasteiger partial charge in [-0.15, -0.1) is 11.3 Å². The van der Waals surface area contributed by atoms with Crippen molar-refractivity contribution < 1.29 is 4.39 Å². The van der Waals surface area contributed by atoms with E-state index in [0.717, 1.165) is 26.7 Å². The zero-order chi connectivity index (χ0) is 14.7. The highest BCUT2D eigenvalue weighted by Crippen LogP contribution is 2.31. The number of hydrogen-bond donors (Lipinski definition) is 1. The number of nitrogens with two attached hydrogens (primary N) is 1. The molecular formula is C17H15FN2S. The second-order valence-electron chi connectivity index (χ2n) is 4.76. The van der Waals surface area contributed by atoms with Crippen molar-refractivity contribution in [3.05, 3.63) is 76.7 Å². The molecule has 0 aliphatic rings. The Kier molecular flexibility index (Phi) is 4.08. The summed E-state index contributed by atoms with van der Waals surface area (Å²) in [6.07, 6.45) is 0.627. The fourth-order valence-electron chi connectivity index (χ4n) is 2.25. The number of hydrogen-bond acceptors (Lipinski definition) is 3. The summed E-state index contributed by atoms with van der Waals surface area (Å²) in [5.41, 5.74) is 8.75. The molecule has 0 unspecified atom stereocenters. The molecule has 0 bridgehead atoms. The van der Waals surface area contributed by atoms with Crippen LogP contribution in [0.4, 0.5) is 4.39 Å². The Bertz CT molecular complexity index is 738. The van der Waals surface area contributed by atoms with Gasteiger partial charge in [-0.25, -0.2) is 9.37 Å². The van der Waals surface area contributed by atoms with Crippen LogP contribution in [-0.2, 0) is 13.0 Å². The van der Waals surface area contributed by atoms with Crippen molar-refractivity contribution in [1.82, 2.24) is 4.98 Å². The second kappa shape index (κ2) is 6.16. The van der Waals surface area contributed by atoms with Gasteiger partial charge in [0.05, 0.1) is 15.6 Å². The molecule has 1 aromatic heterocycles. The lowest BCUT2D eigenvalue weighted by Crippen LogP contribution is -1.99. The van der Waals surface area contributed by atoms with Gasteiger partial charge in [-0.1, -0.05) is 42.5 Å². The van der Waals surface area contributed by atoms with Crippen molar-refractivity contribution >= 4 is 11.3 Å². The average molecular weight is 298 g/mol. The molecule has 0 atom stereocenters. The minimum atomic E-state index is -0.216. The van der Waals surface area contributed by atoms with E-state index in [1.54, 1.807) is 23.5 Å². The highest BCUT2D eigenvalue weighted by Gasteiger charge is 2.12. The lowest BCUT2D eigenvalue weighted by molar-refractivity contribution is 0.626. The maximum absolute atomic E-state index is 13.2. The number of nitrogens with zero attached hydrogens (tertiary/aromatic N) is 1. The van der Waals surface area contributed by atoms with E-state index in [4.69, 9.17) is 5.73 Å². The zero-order valence-electron chi connectivity index (χ0n) is 11.4. The highest BCUT2D eigenvalue weighted by atomic mass is 32.1. The van der Waals surface area contributed by atoms with E-state index < -0.39 is 0 Å². The van der Waals surface area contributed by atoms with E-state index in [9.17, 15) is 4.39 Å². The quantitative estimate of drug-likeness (QED) is 0.790. The van der Waals surface area contributed by atoms with Crippen LogP contribution in [0.15, 0.2) is 54.6 Å². The molecule has 0 saturated heterocycles. The van der Waals surface area contributed by atoms with E-state index in [-0.39, 0.29) is 5.82 Å². The van der Waals surface area contributed by atoms with Gasteiger partial charge >= 0.3 is 0 Å². The Balaban J connectivity index is 1.93. The molecule has 4 heteroatoms. The van der Waals surface area contributed by atoms with E-state index in [0.29, 0.717) is 13.0 Å². The first kappa shape index (κ1) is 13.9. The first-order valence-electron chi connectivity index (χ1n) is 6.75. The van der Waals surface area contributed by atoms with Crippen LogP contribution in [0, 0.1) is 5.82 Å². The van der Waals surface area contributed by atoms with Crippen LogP contribution < -0.4 is 5.73 Å². The maximum Gasteiger partial charge on any atom is 0.123 e. The molecular weight excluding hydrogens is 283 g/mol. The van der Waals surface area contributed by atoms with Crippen LogP contribution in [0.25, 0.3) is 10.4 Å². The van der Waals surface area contributed by atoms with E-state index in [2.05, 4.69) is 17.1 Å². The maximum atomic E-state index is 13.2. The molecule has 2 aromatic carbocycles. The Morgan fingerprint density at radius 1 is 1.05 bits per heavy atom. The first-order chi connectivity index (χ1) is 10.3. The number of thiazole rings is 1. The molecule has 0 aliphatic heterocycles. The van der Waals surface area contributed by atoms with Gasteiger partial charge in [-0.05, 0) is 23.3 Å². The van der Waals surface area contributed by atoms with E-state index in [1.807, 2.05) is 24.3 Å². The van der Waals surface area contributed by atoms with Crippen LogP contribution in [0.2, 0.25) is 0 Å². The molecule has 0 spiro atoms. The van der Waals surface area contributed by atoms with Crippen molar-refractivity contribution in [2.75, 3.05) is 0 Å². The Labute approximate surface area is 127 Å². The molecule has 0 amide bonds. The highest BCUT2D eigenvalue weighted by molar-refractivity contribution is 7.15. The van der Waals surface area contributed by atoms with Crippen molar-refractivity contribution in [2.45, 2.75) is 13.0 Å². The molecule has 106 valence electrons. The number of aromatic nitrogens is 1. The third-order valence-electron chi connectivity index (χ3n) is 3.22. The van der Waals surface area contributed by atoms with Gasteiger partial charge < -0.3 is 5.73 Å². The fourth-order valence-corrected chi connectivity index (χ4v) is 3.38. The Morgan fingerprint density at radius 3 is 2.57 bits per heavy atom. The van der Waals surface area contributed by atoms with Crippen molar-refractivity contribution in [2.24, 2.45) is 5.73 Å². The summed E-state index contributed by atoms with van der Waals surface area (Å²) in [5.74, 6) is -0.216. The largest absolute Gasteiger partial charge is 0.325 e. The predicted octanol–water partition coefficient (Wildman–Crippen LogP) is 4.00. The lowest BCUT2D eigenvalue weighted by atomic mass is 10.1. The van der Waals surface area contributed by atoms with Gasteiger partial charge in [0.25, 0.3) is 0 Å². The minimum absolute atomic E-state index is 0.216. The van der Waals surface area contributed by atoms with Gasteiger partial charge in [-0.2, -0.15) is 0 Å². The summed E-state index contributed by atoms with van der Waals surface area (Å²) in [4.78, 5) is 5.70. The Hall–Kier alpha value is -2.04. The van der Waals surface area contributed by atoms with Crippen molar-refractivity contribution in [3.63, 3.8) is 0 Å². The van der Waals surface area contributed by atoms with Gasteiger partial charge in [0.1, 0.15) is 5.82 Å². The molecule has 3 rings (SSSR count). The number of benzene rings is 2. The average Bonchev–Trinajstić information content (AvgIpc) is 2.91. The summed E-state index contributed by atoms with van der Waals surface area (Å²) >= 11 is 1.62. The van der Waals surface area contributed by atoms with Gasteiger partial charge in [-0.3, -0.25) is 0 Å². The summed E-state index contributed by atoms with van der Waals surface area (Å²) in [7, 11) is 0. The van der Waals surface area contributed by atoms with Gasteiger partial charge in [0.15, 0.2) is 0 Å². The smallest absolute Gasteiger partial charge is 0.123 e. The molecule has 0 radical (unpaired) electrons. The standard InChI is InChI=1S/C17H15FN2S/c18-14-8-4-5-12(9-14)10-16-20-15(11-19)17(21-16)13-6-2-1-3-7-13/h1-9H,10-11,19H2. The molecule has 2 nitrogen and oxygen atoms in total. The number of rotatable bonds is 4. The summed E-state index contributed by atoms with van der Waals surface area (Å²) in [6, 6.07) is 16.7. The minimum Gasteiger partial charge on any atom is -0.325 e. The van der Waals surface area contributed by atoms with E-state index in [1.165, 1.54) is 6.07 Å². The van der Waals surface area contributed by atoms with Crippen LogP contribution in [0.5, 0.6) is 0 Å². The molecule has 0 saturated carbocycles. The molecule has 1 heterocycles. The topological polar surface area (TPSA) is 38.9 Å². The summed E-state index contributed by atoms with van der Waals surface area (Å²) < 4.78 is 13.2. The second-order valence-corrected chi connectivity index (χ2v) is 5.84. The summed E-state index contributed by atoms with van der Waals surface area (Å²) in [5, 5.41) is 0.958. The molecule has 0 aliphatic carbocycles. The zero-order valence-corrected chi connectivity index (χ0v) is 12.2. The number of halogens is 1.